The summed E-state index contributed by atoms with van der Waals surface area (Å²) in [6, 6.07) is 10.3. The van der Waals surface area contributed by atoms with Crippen molar-refractivity contribution in [3.8, 4) is 0 Å². The van der Waals surface area contributed by atoms with E-state index in [0.717, 1.165) is 0 Å². The topological polar surface area (TPSA) is 0 Å². The second-order valence-electron chi connectivity index (χ2n) is 12.1. The molecule has 0 aliphatic carbocycles. The van der Waals surface area contributed by atoms with Gasteiger partial charge < -0.3 is 0 Å². The van der Waals surface area contributed by atoms with Gasteiger partial charge in [-0.05, 0) is 0 Å². The van der Waals surface area contributed by atoms with Gasteiger partial charge in [-0.1, -0.05) is 0 Å². The van der Waals surface area contributed by atoms with Gasteiger partial charge in [-0.25, -0.2) is 0 Å². The minimum atomic E-state index is -3.19. The number of benzene rings is 2. The van der Waals surface area contributed by atoms with Crippen LogP contribution in [0.2, 0.25) is 4.48 Å². The van der Waals surface area contributed by atoms with Gasteiger partial charge in [0.2, 0.25) is 0 Å². The third-order valence-corrected chi connectivity index (χ3v) is 28.5. The molecule has 0 nitrogen and oxygen atoms in total. The number of hydrogen-bond donors (Lipinski definition) is 0. The maximum absolute atomic E-state index is 3.19. The fourth-order valence-electron chi connectivity index (χ4n) is 5.12. The van der Waals surface area contributed by atoms with Crippen LogP contribution < -0.4 is 6.25 Å². The van der Waals surface area contributed by atoms with Gasteiger partial charge in [0.15, 0.2) is 0 Å². The van der Waals surface area contributed by atoms with Crippen LogP contribution in [0.5, 0.6) is 0 Å². The van der Waals surface area contributed by atoms with Crippen molar-refractivity contribution in [3.63, 3.8) is 0 Å². The Balaban J connectivity index is 3.06. The summed E-state index contributed by atoms with van der Waals surface area (Å²) in [6.07, 6.45) is 0. The average Bonchev–Trinajstić information content (AvgIpc) is 2.71. The molecule has 0 atom stereocenters. The molecule has 0 aromatic heterocycles. The molecule has 0 amide bonds. The van der Waals surface area contributed by atoms with E-state index in [0.29, 0.717) is 35.5 Å². The first-order chi connectivity index (χ1) is 15.1. The first-order valence-electron chi connectivity index (χ1n) is 13.2. The zero-order chi connectivity index (χ0) is 25.4. The van der Waals surface area contributed by atoms with E-state index in [4.69, 9.17) is 0 Å². The Kier molecular flexibility index (Phi) is 10.2. The van der Waals surface area contributed by atoms with Gasteiger partial charge in [0, 0.05) is 0 Å². The van der Waals surface area contributed by atoms with Crippen LogP contribution in [-0.2, 0) is 0 Å². The molecule has 2 heteroatoms. The Hall–Kier alpha value is 0.0921. The molecule has 0 radical (unpaired) electrons. The summed E-state index contributed by atoms with van der Waals surface area (Å²) in [4.78, 5) is 0. The number of halogens is 1. The van der Waals surface area contributed by atoms with Gasteiger partial charge in [0.05, 0.1) is 0 Å². The zero-order valence-corrected chi connectivity index (χ0v) is 29.7. The van der Waals surface area contributed by atoms with Gasteiger partial charge in [0.1, 0.15) is 0 Å². The van der Waals surface area contributed by atoms with E-state index < -0.39 is 16.9 Å². The zero-order valence-electron chi connectivity index (χ0n) is 23.7. The summed E-state index contributed by atoms with van der Waals surface area (Å²) in [5.41, 5.74) is 9.52. The first kappa shape index (κ1) is 29.3. The molecule has 0 saturated carbocycles. The fraction of sp³-hybridized carbons (Fsp3) is 0.613. The van der Waals surface area contributed by atoms with Crippen LogP contribution in [0.4, 0.5) is 0 Å². The van der Waals surface area contributed by atoms with Crippen molar-refractivity contribution in [3.05, 3.63) is 57.6 Å². The van der Waals surface area contributed by atoms with Crippen LogP contribution in [0.15, 0.2) is 24.3 Å². The third-order valence-electron chi connectivity index (χ3n) is 7.20. The minimum absolute atomic E-state index is 0.547. The molecule has 0 heterocycles. The molecule has 0 fully saturated rings. The van der Waals surface area contributed by atoms with Gasteiger partial charge in [-0.15, -0.1) is 0 Å². The SMILES string of the molecule is CC(C)c1cc(C(C)C)[c]([Pb]([CH3])([I])[c]2c(C(C)C)cc(C(C)C)cc2C(C)C)c(C(C)C)c1. The molecule has 2 aromatic rings. The number of rotatable bonds is 8. The van der Waals surface area contributed by atoms with Crippen molar-refractivity contribution >= 4 is 40.9 Å². The monoisotopic (exact) mass is 756 g/mol. The van der Waals surface area contributed by atoms with Crippen LogP contribution in [0.1, 0.15) is 152 Å². The Morgan fingerprint density at radius 1 is 0.455 bits per heavy atom. The van der Waals surface area contributed by atoms with Gasteiger partial charge in [-0.3, -0.25) is 0 Å². The Morgan fingerprint density at radius 2 is 0.667 bits per heavy atom. The second kappa shape index (κ2) is 11.4. The first-order valence-corrected chi connectivity index (χ1v) is 31.9. The molecule has 0 unspecified atom stereocenters. The predicted molar refractivity (Wildman–Crippen MR) is 162 cm³/mol. The molecule has 2 rings (SSSR count). The maximum atomic E-state index is 3.02. The van der Waals surface area contributed by atoms with E-state index >= 15 is 0 Å². The molecule has 0 saturated heterocycles. The molecular formula is C31H49IPb. The summed E-state index contributed by atoms with van der Waals surface area (Å²) >= 11 is -0.167. The van der Waals surface area contributed by atoms with Crippen molar-refractivity contribution in [2.75, 3.05) is 0 Å². The van der Waals surface area contributed by atoms with E-state index in [2.05, 4.69) is 130 Å². The van der Waals surface area contributed by atoms with Gasteiger partial charge in [-0.2, -0.15) is 0 Å². The Labute approximate surface area is 219 Å². The fourth-order valence-corrected chi connectivity index (χ4v) is 31.1. The molecule has 2 aromatic carbocycles. The Bertz CT molecular complexity index is 825. The van der Waals surface area contributed by atoms with Gasteiger partial charge >= 0.3 is 222 Å². The molecule has 0 spiro atoms. The summed E-state index contributed by atoms with van der Waals surface area (Å²) in [5.74, 6) is 3.31. The van der Waals surface area contributed by atoms with Crippen LogP contribution >= 0.6 is 17.8 Å². The van der Waals surface area contributed by atoms with E-state index in [1.54, 1.807) is 28.5 Å². The van der Waals surface area contributed by atoms with E-state index in [1.807, 2.05) is 0 Å². The van der Waals surface area contributed by atoms with Crippen molar-refractivity contribution in [1.29, 1.82) is 0 Å². The molecule has 0 aliphatic rings. The summed E-state index contributed by atoms with van der Waals surface area (Å²) in [7, 11) is 0. The summed E-state index contributed by atoms with van der Waals surface area (Å²) in [6.45, 7) is 28.6. The molecule has 184 valence electrons. The molecule has 33 heavy (non-hydrogen) atoms. The van der Waals surface area contributed by atoms with Crippen molar-refractivity contribution in [1.82, 2.24) is 0 Å². The quantitative estimate of drug-likeness (QED) is 0.186. The van der Waals surface area contributed by atoms with E-state index in [1.165, 1.54) is 11.1 Å². The second-order valence-corrected chi connectivity index (χ2v) is 42.7. The normalized spacial score (nSPS) is 13.0. The van der Waals surface area contributed by atoms with Crippen LogP contribution in [0.3, 0.4) is 0 Å². The third kappa shape index (κ3) is 6.27. The predicted octanol–water partition coefficient (Wildman–Crippen LogP) is 9.55. The summed E-state index contributed by atoms with van der Waals surface area (Å²) in [5, 5.41) is 0. The standard InChI is InChI=1S/2C15H23.CH3.HI.Pb/c2*1-10(2)13-7-14(11(3)4)9-15(8-13)12(5)6;;;/h2*7-8,10-12H,1-6H3;1H3;1H;/q;;;;+1/p-1. The molecule has 0 aliphatic heterocycles. The van der Waals surface area contributed by atoms with Crippen molar-refractivity contribution < 1.29 is 0 Å². The summed E-state index contributed by atoms with van der Waals surface area (Å²) < 4.78 is 6.26. The van der Waals surface area contributed by atoms with E-state index in [-0.39, 0.29) is 0 Å². The van der Waals surface area contributed by atoms with E-state index in [9.17, 15) is 0 Å². The molecular weight excluding hydrogens is 706 g/mol. The average molecular weight is 756 g/mol. The number of hydrogen-bond acceptors (Lipinski definition) is 0. The van der Waals surface area contributed by atoms with Gasteiger partial charge in [0.25, 0.3) is 0 Å². The van der Waals surface area contributed by atoms with Crippen molar-refractivity contribution in [2.45, 2.75) is 123 Å². The molecule has 0 N–H and O–H groups in total. The van der Waals surface area contributed by atoms with Crippen LogP contribution in [0, 0.1) is 0 Å². The van der Waals surface area contributed by atoms with Crippen LogP contribution in [-0.4, -0.2) is 16.9 Å². The van der Waals surface area contributed by atoms with Crippen molar-refractivity contribution in [2.24, 2.45) is 0 Å². The Morgan fingerprint density at radius 3 is 0.818 bits per heavy atom. The molecule has 0 bridgehead atoms. The van der Waals surface area contributed by atoms with Crippen LogP contribution in [0.25, 0.3) is 0 Å².